The van der Waals surface area contributed by atoms with E-state index < -0.39 is 0 Å². The number of aryl methyl sites for hydroxylation is 1. The highest BCUT2D eigenvalue weighted by molar-refractivity contribution is 5.49. The lowest BCUT2D eigenvalue weighted by atomic mass is 9.86. The molecule has 0 saturated carbocycles. The Morgan fingerprint density at radius 1 is 1.23 bits per heavy atom. The molecule has 0 amide bonds. The van der Waals surface area contributed by atoms with Crippen LogP contribution in [0.3, 0.4) is 0 Å². The van der Waals surface area contributed by atoms with Gasteiger partial charge in [-0.2, -0.15) is 0 Å². The highest BCUT2D eigenvalue weighted by Crippen LogP contribution is 2.27. The average Bonchev–Trinajstić information content (AvgIpc) is 2.64. The van der Waals surface area contributed by atoms with Crippen molar-refractivity contribution in [1.29, 1.82) is 0 Å². The zero-order chi connectivity index (χ0) is 17.9. The van der Waals surface area contributed by atoms with Crippen LogP contribution in [0.4, 0.5) is 5.82 Å². The molecule has 1 saturated heterocycles. The first-order chi connectivity index (χ1) is 12.7. The maximum Gasteiger partial charge on any atom is 0.133 e. The zero-order valence-electron chi connectivity index (χ0n) is 15.8. The minimum atomic E-state index is 0.458. The minimum Gasteiger partial charge on any atom is -0.367 e. The monoisotopic (exact) mass is 351 g/mol. The summed E-state index contributed by atoms with van der Waals surface area (Å²) in [6, 6.07) is 11.3. The second-order valence-electron chi connectivity index (χ2n) is 7.72. The highest BCUT2D eigenvalue weighted by atomic mass is 15.1. The summed E-state index contributed by atoms with van der Waals surface area (Å²) in [5.74, 6) is 2.52. The summed E-state index contributed by atoms with van der Waals surface area (Å²) in [6.45, 7) is 6.12. The normalized spacial score (nSPS) is 23.5. The average molecular weight is 351 g/mol. The van der Waals surface area contributed by atoms with Crippen LogP contribution in [0, 0.1) is 12.8 Å². The Kier molecular flexibility index (Phi) is 5.18. The molecule has 4 rings (SSSR count). The number of hydrogen-bond acceptors (Lipinski definition) is 5. The van der Waals surface area contributed by atoms with Gasteiger partial charge < -0.3 is 15.5 Å². The van der Waals surface area contributed by atoms with E-state index in [2.05, 4.69) is 57.9 Å². The van der Waals surface area contributed by atoms with Gasteiger partial charge in [0.25, 0.3) is 0 Å². The number of hydrogen-bond donors (Lipinski definition) is 2. The first kappa shape index (κ1) is 17.4. The third-order valence-electron chi connectivity index (χ3n) is 5.65. The summed E-state index contributed by atoms with van der Waals surface area (Å²) in [5.41, 5.74) is 3.90. The molecule has 3 heterocycles. The molecule has 1 aromatic carbocycles. The Hall–Kier alpha value is -1.98. The van der Waals surface area contributed by atoms with E-state index in [0.29, 0.717) is 12.0 Å². The number of aromatic nitrogens is 2. The SMILES string of the molecule is Cc1nc2c(c(N[C@@H]3CCN(C)C[C@@H]3Cc3ccccc3)n1)CCNC2. The van der Waals surface area contributed by atoms with E-state index in [4.69, 9.17) is 4.98 Å². The molecule has 0 spiro atoms. The number of nitrogens with zero attached hydrogens (tertiary/aromatic N) is 3. The molecule has 5 heteroatoms. The second kappa shape index (κ2) is 7.72. The molecule has 2 aliphatic heterocycles. The van der Waals surface area contributed by atoms with Crippen LogP contribution in [0.25, 0.3) is 0 Å². The molecule has 0 aliphatic carbocycles. The number of benzene rings is 1. The van der Waals surface area contributed by atoms with Crippen LogP contribution >= 0.6 is 0 Å². The van der Waals surface area contributed by atoms with Gasteiger partial charge in [0.05, 0.1) is 5.69 Å². The molecule has 0 radical (unpaired) electrons. The molecule has 5 nitrogen and oxygen atoms in total. The van der Waals surface area contributed by atoms with Gasteiger partial charge in [0.15, 0.2) is 0 Å². The van der Waals surface area contributed by atoms with Crippen LogP contribution in [0.1, 0.15) is 29.1 Å². The fraction of sp³-hybridized carbons (Fsp3) is 0.524. The Morgan fingerprint density at radius 3 is 2.92 bits per heavy atom. The van der Waals surface area contributed by atoms with Crippen molar-refractivity contribution in [2.75, 3.05) is 32.0 Å². The van der Waals surface area contributed by atoms with Gasteiger partial charge in [-0.15, -0.1) is 0 Å². The van der Waals surface area contributed by atoms with Gasteiger partial charge in [0.1, 0.15) is 11.6 Å². The zero-order valence-corrected chi connectivity index (χ0v) is 15.8. The number of likely N-dealkylation sites (tertiary alicyclic amines) is 1. The van der Waals surface area contributed by atoms with Crippen molar-refractivity contribution >= 4 is 5.82 Å². The van der Waals surface area contributed by atoms with Gasteiger partial charge in [-0.3, -0.25) is 0 Å². The van der Waals surface area contributed by atoms with Crippen molar-refractivity contribution in [3.8, 4) is 0 Å². The van der Waals surface area contributed by atoms with Crippen LogP contribution in [-0.4, -0.2) is 47.6 Å². The van der Waals surface area contributed by atoms with Gasteiger partial charge in [0.2, 0.25) is 0 Å². The van der Waals surface area contributed by atoms with E-state index in [1.807, 2.05) is 6.92 Å². The molecular weight excluding hydrogens is 322 g/mol. The molecular formula is C21H29N5. The predicted molar refractivity (Wildman–Crippen MR) is 105 cm³/mol. The lowest BCUT2D eigenvalue weighted by molar-refractivity contribution is 0.193. The largest absolute Gasteiger partial charge is 0.367 e. The Bertz CT molecular complexity index is 746. The first-order valence-corrected chi connectivity index (χ1v) is 9.75. The van der Waals surface area contributed by atoms with Gasteiger partial charge in [-0.1, -0.05) is 30.3 Å². The predicted octanol–water partition coefficient (Wildman–Crippen LogP) is 2.41. The van der Waals surface area contributed by atoms with Crippen molar-refractivity contribution in [2.24, 2.45) is 5.92 Å². The standard InChI is InChI=1S/C21H29N5/c1-15-23-20-13-22-10-8-18(20)21(24-15)25-19-9-11-26(2)14-17(19)12-16-6-4-3-5-7-16/h3-7,17,19,22H,8-14H2,1-2H3,(H,23,24,25)/t17-,19+/m0/s1. The maximum atomic E-state index is 4.78. The maximum absolute atomic E-state index is 4.78. The quantitative estimate of drug-likeness (QED) is 0.886. The molecule has 1 fully saturated rings. The molecule has 1 aromatic heterocycles. The molecule has 2 N–H and O–H groups in total. The van der Waals surface area contributed by atoms with E-state index in [9.17, 15) is 0 Å². The highest BCUT2D eigenvalue weighted by Gasteiger charge is 2.29. The van der Waals surface area contributed by atoms with Crippen molar-refractivity contribution in [2.45, 2.75) is 38.8 Å². The van der Waals surface area contributed by atoms with Gasteiger partial charge in [-0.05, 0) is 57.8 Å². The van der Waals surface area contributed by atoms with Gasteiger partial charge >= 0.3 is 0 Å². The number of nitrogens with one attached hydrogen (secondary N) is 2. The number of anilines is 1. The summed E-state index contributed by atoms with van der Waals surface area (Å²) >= 11 is 0. The lowest BCUT2D eigenvalue weighted by Crippen LogP contribution is -2.46. The summed E-state index contributed by atoms with van der Waals surface area (Å²) in [4.78, 5) is 11.9. The Labute approximate surface area is 156 Å². The first-order valence-electron chi connectivity index (χ1n) is 9.75. The summed E-state index contributed by atoms with van der Waals surface area (Å²) < 4.78 is 0. The van der Waals surface area contributed by atoms with E-state index in [1.54, 1.807) is 0 Å². The third kappa shape index (κ3) is 3.89. The summed E-state index contributed by atoms with van der Waals surface area (Å²) in [5, 5.41) is 7.26. The van der Waals surface area contributed by atoms with Gasteiger partial charge in [0, 0.05) is 24.7 Å². The van der Waals surface area contributed by atoms with Crippen LogP contribution < -0.4 is 10.6 Å². The smallest absolute Gasteiger partial charge is 0.133 e. The van der Waals surface area contributed by atoms with Crippen LogP contribution in [0.15, 0.2) is 30.3 Å². The summed E-state index contributed by atoms with van der Waals surface area (Å²) in [7, 11) is 2.23. The van der Waals surface area contributed by atoms with E-state index >= 15 is 0 Å². The Morgan fingerprint density at radius 2 is 2.08 bits per heavy atom. The lowest BCUT2D eigenvalue weighted by Gasteiger charge is -2.38. The topological polar surface area (TPSA) is 53.1 Å². The third-order valence-corrected chi connectivity index (χ3v) is 5.65. The number of fused-ring (bicyclic) bond motifs is 1. The van der Waals surface area contributed by atoms with Crippen molar-refractivity contribution in [3.63, 3.8) is 0 Å². The van der Waals surface area contributed by atoms with Crippen LogP contribution in [-0.2, 0) is 19.4 Å². The molecule has 2 aliphatic rings. The molecule has 2 aromatic rings. The molecule has 2 atom stereocenters. The minimum absolute atomic E-state index is 0.458. The summed E-state index contributed by atoms with van der Waals surface area (Å²) in [6.07, 6.45) is 3.27. The van der Waals surface area contributed by atoms with Crippen molar-refractivity contribution < 1.29 is 0 Å². The van der Waals surface area contributed by atoms with Gasteiger partial charge in [-0.25, -0.2) is 9.97 Å². The molecule has 138 valence electrons. The van der Waals surface area contributed by atoms with Crippen molar-refractivity contribution in [1.82, 2.24) is 20.2 Å². The van der Waals surface area contributed by atoms with Crippen LogP contribution in [0.5, 0.6) is 0 Å². The number of piperidine rings is 1. The van der Waals surface area contributed by atoms with E-state index in [-0.39, 0.29) is 0 Å². The number of rotatable bonds is 4. The molecule has 0 unspecified atom stereocenters. The fourth-order valence-electron chi connectivity index (χ4n) is 4.31. The van der Waals surface area contributed by atoms with E-state index in [0.717, 1.165) is 57.1 Å². The van der Waals surface area contributed by atoms with E-state index in [1.165, 1.54) is 16.8 Å². The van der Waals surface area contributed by atoms with Crippen molar-refractivity contribution in [3.05, 3.63) is 53.0 Å². The molecule has 0 bridgehead atoms. The second-order valence-corrected chi connectivity index (χ2v) is 7.72. The Balaban J connectivity index is 1.56. The van der Waals surface area contributed by atoms with Crippen LogP contribution in [0.2, 0.25) is 0 Å². The molecule has 26 heavy (non-hydrogen) atoms. The fourth-order valence-corrected chi connectivity index (χ4v) is 4.31.